The Bertz CT molecular complexity index is 450. The fourth-order valence-corrected chi connectivity index (χ4v) is 1.94. The van der Waals surface area contributed by atoms with Crippen LogP contribution in [0, 0.1) is 0 Å². The smallest absolute Gasteiger partial charge is 0.115 e. The predicted molar refractivity (Wildman–Crippen MR) is 70.1 cm³/mol. The van der Waals surface area contributed by atoms with Gasteiger partial charge in [0.05, 0.1) is 0 Å². The van der Waals surface area contributed by atoms with E-state index in [0.29, 0.717) is 11.8 Å². The van der Waals surface area contributed by atoms with Crippen LogP contribution in [0.15, 0.2) is 54.6 Å². The summed E-state index contributed by atoms with van der Waals surface area (Å²) in [5.41, 5.74) is 2.49. The Morgan fingerprint density at radius 1 is 1.00 bits per heavy atom. The molecule has 0 saturated heterocycles. The predicted octanol–water partition coefficient (Wildman–Crippen LogP) is 2.90. The molecule has 2 heteroatoms. The molecule has 2 aromatic rings. The van der Waals surface area contributed by atoms with E-state index in [-0.39, 0.29) is 0 Å². The third-order valence-corrected chi connectivity index (χ3v) is 2.93. The van der Waals surface area contributed by atoms with Crippen LogP contribution in [0.3, 0.4) is 0 Å². The Morgan fingerprint density at radius 3 is 2.24 bits per heavy atom. The first-order valence-electron chi connectivity index (χ1n) is 5.79. The van der Waals surface area contributed by atoms with Crippen LogP contribution in [0.1, 0.15) is 17.2 Å². The van der Waals surface area contributed by atoms with Crippen molar-refractivity contribution in [2.75, 3.05) is 7.05 Å². The van der Waals surface area contributed by atoms with Crippen LogP contribution >= 0.6 is 0 Å². The first-order valence-corrected chi connectivity index (χ1v) is 5.79. The molecule has 0 aliphatic carbocycles. The van der Waals surface area contributed by atoms with E-state index in [1.54, 1.807) is 12.1 Å². The normalized spacial score (nSPS) is 12.3. The molecule has 0 saturated carbocycles. The second kappa shape index (κ2) is 5.51. The summed E-state index contributed by atoms with van der Waals surface area (Å²) < 4.78 is 0. The maximum atomic E-state index is 9.25. The highest BCUT2D eigenvalue weighted by molar-refractivity contribution is 5.28. The van der Waals surface area contributed by atoms with Crippen molar-refractivity contribution < 1.29 is 5.11 Å². The zero-order valence-corrected chi connectivity index (χ0v) is 9.93. The highest BCUT2D eigenvalue weighted by Crippen LogP contribution is 2.19. The van der Waals surface area contributed by atoms with Crippen LogP contribution in [0.25, 0.3) is 0 Å². The summed E-state index contributed by atoms with van der Waals surface area (Å²) in [4.78, 5) is 0. The van der Waals surface area contributed by atoms with Gasteiger partial charge in [0.25, 0.3) is 0 Å². The van der Waals surface area contributed by atoms with Crippen LogP contribution in [-0.4, -0.2) is 12.2 Å². The molecule has 0 aliphatic rings. The summed E-state index contributed by atoms with van der Waals surface area (Å²) in [6, 6.07) is 18.1. The molecule has 1 unspecified atom stereocenters. The Kier molecular flexibility index (Phi) is 3.78. The molecule has 2 aromatic carbocycles. The van der Waals surface area contributed by atoms with E-state index < -0.39 is 0 Å². The van der Waals surface area contributed by atoms with Crippen molar-refractivity contribution in [2.24, 2.45) is 0 Å². The summed E-state index contributed by atoms with van der Waals surface area (Å²) in [5.74, 6) is 0.314. The van der Waals surface area contributed by atoms with E-state index in [4.69, 9.17) is 0 Å². The second-order valence-electron chi connectivity index (χ2n) is 4.12. The van der Waals surface area contributed by atoms with Crippen molar-refractivity contribution in [3.8, 4) is 5.75 Å². The van der Waals surface area contributed by atoms with Gasteiger partial charge < -0.3 is 10.4 Å². The quantitative estimate of drug-likeness (QED) is 0.841. The van der Waals surface area contributed by atoms with Crippen LogP contribution in [-0.2, 0) is 6.42 Å². The lowest BCUT2D eigenvalue weighted by Crippen LogP contribution is -2.18. The zero-order valence-electron chi connectivity index (χ0n) is 9.93. The molecule has 0 radical (unpaired) electrons. The molecule has 0 fully saturated rings. The Balaban J connectivity index is 2.13. The van der Waals surface area contributed by atoms with Crippen molar-refractivity contribution in [3.05, 3.63) is 65.7 Å². The van der Waals surface area contributed by atoms with Gasteiger partial charge in [-0.3, -0.25) is 0 Å². The molecule has 0 amide bonds. The van der Waals surface area contributed by atoms with Crippen molar-refractivity contribution in [1.29, 1.82) is 0 Å². The highest BCUT2D eigenvalue weighted by Gasteiger charge is 2.09. The first-order chi connectivity index (χ1) is 8.29. The lowest BCUT2D eigenvalue weighted by Gasteiger charge is -2.16. The highest BCUT2D eigenvalue weighted by atomic mass is 16.3. The lowest BCUT2D eigenvalue weighted by atomic mass is 9.99. The molecule has 0 aliphatic heterocycles. The maximum absolute atomic E-state index is 9.25. The van der Waals surface area contributed by atoms with Gasteiger partial charge >= 0.3 is 0 Å². The summed E-state index contributed by atoms with van der Waals surface area (Å²) in [5, 5.41) is 12.6. The van der Waals surface area contributed by atoms with Gasteiger partial charge in [0.2, 0.25) is 0 Å². The van der Waals surface area contributed by atoms with E-state index in [0.717, 1.165) is 6.42 Å². The summed E-state index contributed by atoms with van der Waals surface area (Å²) in [6.07, 6.45) is 0.917. The lowest BCUT2D eigenvalue weighted by molar-refractivity contribution is 0.475. The van der Waals surface area contributed by atoms with Crippen molar-refractivity contribution in [2.45, 2.75) is 12.5 Å². The molecule has 0 spiro atoms. The molecule has 2 N–H and O–H groups in total. The second-order valence-corrected chi connectivity index (χ2v) is 4.12. The number of phenols is 1. The minimum absolute atomic E-state index is 0.306. The summed E-state index contributed by atoms with van der Waals surface area (Å²) in [6.45, 7) is 0. The number of nitrogens with one attached hydrogen (secondary N) is 1. The van der Waals surface area contributed by atoms with E-state index in [1.165, 1.54) is 11.1 Å². The maximum Gasteiger partial charge on any atom is 0.115 e. The third kappa shape index (κ3) is 3.08. The van der Waals surface area contributed by atoms with Crippen molar-refractivity contribution >= 4 is 0 Å². The number of likely N-dealkylation sites (N-methyl/N-ethyl adjacent to an activating group) is 1. The topological polar surface area (TPSA) is 32.3 Å². The van der Waals surface area contributed by atoms with E-state index >= 15 is 0 Å². The van der Waals surface area contributed by atoms with Crippen LogP contribution in [0.5, 0.6) is 5.75 Å². The number of phenolic OH excluding ortho intramolecular Hbond substituents is 1. The van der Waals surface area contributed by atoms with Gasteiger partial charge in [-0.25, -0.2) is 0 Å². The van der Waals surface area contributed by atoms with Crippen molar-refractivity contribution in [3.63, 3.8) is 0 Å². The number of hydrogen-bond donors (Lipinski definition) is 2. The minimum atomic E-state index is 0.306. The third-order valence-electron chi connectivity index (χ3n) is 2.93. The molecule has 2 rings (SSSR count). The van der Waals surface area contributed by atoms with E-state index in [2.05, 4.69) is 29.6 Å². The number of hydrogen-bond acceptors (Lipinski definition) is 2. The standard InChI is InChI=1S/C15H17NO/c1-16-15(13-5-3-2-4-6-13)11-12-7-9-14(17)10-8-12/h2-10,15-17H,11H2,1H3. The van der Waals surface area contributed by atoms with Crippen LogP contribution in [0.4, 0.5) is 0 Å². The molecule has 88 valence electrons. The zero-order chi connectivity index (χ0) is 12.1. The molecule has 0 heterocycles. The average molecular weight is 227 g/mol. The van der Waals surface area contributed by atoms with Gasteiger partial charge in [-0.2, -0.15) is 0 Å². The van der Waals surface area contributed by atoms with E-state index in [1.807, 2.05) is 25.2 Å². The van der Waals surface area contributed by atoms with Gasteiger partial charge in [-0.05, 0) is 36.7 Å². The molecular formula is C15H17NO. The average Bonchev–Trinajstić information content (AvgIpc) is 2.39. The number of benzene rings is 2. The molecular weight excluding hydrogens is 210 g/mol. The van der Waals surface area contributed by atoms with Gasteiger partial charge in [0.15, 0.2) is 0 Å². The molecule has 17 heavy (non-hydrogen) atoms. The Hall–Kier alpha value is -1.80. The van der Waals surface area contributed by atoms with E-state index in [9.17, 15) is 5.11 Å². The molecule has 0 aromatic heterocycles. The summed E-state index contributed by atoms with van der Waals surface area (Å²) >= 11 is 0. The van der Waals surface area contributed by atoms with Gasteiger partial charge in [0, 0.05) is 6.04 Å². The fourth-order valence-electron chi connectivity index (χ4n) is 1.94. The van der Waals surface area contributed by atoms with Crippen LogP contribution in [0.2, 0.25) is 0 Å². The van der Waals surface area contributed by atoms with Gasteiger partial charge in [-0.1, -0.05) is 42.5 Å². The van der Waals surface area contributed by atoms with Gasteiger partial charge in [0.1, 0.15) is 5.75 Å². The van der Waals surface area contributed by atoms with Gasteiger partial charge in [-0.15, -0.1) is 0 Å². The Labute approximate surface area is 102 Å². The largest absolute Gasteiger partial charge is 0.508 e. The monoisotopic (exact) mass is 227 g/mol. The fraction of sp³-hybridized carbons (Fsp3) is 0.200. The van der Waals surface area contributed by atoms with Crippen molar-refractivity contribution in [1.82, 2.24) is 5.32 Å². The number of aromatic hydroxyl groups is 1. The molecule has 0 bridgehead atoms. The molecule has 1 atom stereocenters. The minimum Gasteiger partial charge on any atom is -0.508 e. The first kappa shape index (κ1) is 11.7. The van der Waals surface area contributed by atoms with Crippen LogP contribution < -0.4 is 5.32 Å². The molecule has 2 nitrogen and oxygen atoms in total. The number of rotatable bonds is 4. The SMILES string of the molecule is CNC(Cc1ccc(O)cc1)c1ccccc1. The summed E-state index contributed by atoms with van der Waals surface area (Å²) in [7, 11) is 1.97. The Morgan fingerprint density at radius 2 is 1.65 bits per heavy atom.